The maximum absolute atomic E-state index is 14.2. The number of carbonyl (C=O) groups is 1. The van der Waals surface area contributed by atoms with Crippen LogP contribution in [0.1, 0.15) is 40.2 Å². The van der Waals surface area contributed by atoms with E-state index in [0.717, 1.165) is 5.56 Å². The lowest BCUT2D eigenvalue weighted by atomic mass is 9.82. The topological polar surface area (TPSA) is 50.8 Å². The summed E-state index contributed by atoms with van der Waals surface area (Å²) in [5.74, 6) is -0.122. The number of rotatable bonds is 4. The minimum atomic E-state index is -0.571. The van der Waals surface area contributed by atoms with Gasteiger partial charge in [0.15, 0.2) is 0 Å². The standard InChI is InChI=1S/C21H31FN2O3/c1-14(25)23-16-13-24(12-15-9-7-6-8-10-15)17(11-22)19-18(16)26-20(2,3)21(4,5)27-19/h6-10,16-19H,11-13H2,1-5H3,(H,23,25). The summed E-state index contributed by atoms with van der Waals surface area (Å²) in [4.78, 5) is 13.9. The first-order valence-electron chi connectivity index (χ1n) is 9.61. The molecule has 0 bridgehead atoms. The summed E-state index contributed by atoms with van der Waals surface area (Å²) in [5, 5.41) is 3.00. The third kappa shape index (κ3) is 4.03. The second-order valence-electron chi connectivity index (χ2n) is 8.63. The Kier molecular flexibility index (Phi) is 5.62. The number of alkyl halides is 1. The molecule has 2 aliphatic rings. The van der Waals surface area contributed by atoms with Crippen LogP contribution in [0.5, 0.6) is 0 Å². The summed E-state index contributed by atoms with van der Waals surface area (Å²) in [5.41, 5.74) is -0.0156. The zero-order valence-corrected chi connectivity index (χ0v) is 16.9. The fourth-order valence-electron chi connectivity index (χ4n) is 3.98. The van der Waals surface area contributed by atoms with Crippen LogP contribution in [0.4, 0.5) is 4.39 Å². The van der Waals surface area contributed by atoms with Crippen LogP contribution in [0.25, 0.3) is 0 Å². The molecule has 2 fully saturated rings. The highest BCUT2D eigenvalue weighted by atomic mass is 19.1. The monoisotopic (exact) mass is 378 g/mol. The highest BCUT2D eigenvalue weighted by Gasteiger charge is 2.56. The SMILES string of the molecule is CC(=O)NC1CN(Cc2ccccc2)C(CF)C2OC(C)(C)C(C)(C)OC12. The van der Waals surface area contributed by atoms with Gasteiger partial charge in [0.05, 0.1) is 23.3 Å². The van der Waals surface area contributed by atoms with Crippen molar-refractivity contribution in [3.63, 3.8) is 0 Å². The molecule has 4 unspecified atom stereocenters. The molecule has 3 rings (SSSR count). The molecule has 4 atom stereocenters. The smallest absolute Gasteiger partial charge is 0.217 e. The van der Waals surface area contributed by atoms with Crippen LogP contribution in [-0.4, -0.2) is 59.5 Å². The van der Waals surface area contributed by atoms with Crippen LogP contribution < -0.4 is 5.32 Å². The predicted molar refractivity (Wildman–Crippen MR) is 102 cm³/mol. The third-order valence-corrected chi connectivity index (χ3v) is 6.09. The Hall–Kier alpha value is -1.50. The number of piperidine rings is 1. The molecule has 2 aliphatic heterocycles. The van der Waals surface area contributed by atoms with Crippen molar-refractivity contribution in [1.29, 1.82) is 0 Å². The van der Waals surface area contributed by atoms with Gasteiger partial charge in [0.2, 0.25) is 5.91 Å². The number of amides is 1. The van der Waals surface area contributed by atoms with E-state index in [1.165, 1.54) is 6.92 Å². The van der Waals surface area contributed by atoms with Gasteiger partial charge < -0.3 is 14.8 Å². The summed E-state index contributed by atoms with van der Waals surface area (Å²) in [6.07, 6.45) is -0.836. The van der Waals surface area contributed by atoms with Crippen LogP contribution in [0.2, 0.25) is 0 Å². The second-order valence-corrected chi connectivity index (χ2v) is 8.63. The highest BCUT2D eigenvalue weighted by molar-refractivity contribution is 5.73. The average molecular weight is 378 g/mol. The Morgan fingerprint density at radius 3 is 2.30 bits per heavy atom. The van der Waals surface area contributed by atoms with Gasteiger partial charge in [0.25, 0.3) is 0 Å². The lowest BCUT2D eigenvalue weighted by Gasteiger charge is -2.58. The molecular formula is C21H31FN2O3. The van der Waals surface area contributed by atoms with Crippen molar-refractivity contribution in [2.45, 2.75) is 76.7 Å². The fraction of sp³-hybridized carbons (Fsp3) is 0.667. The molecular weight excluding hydrogens is 347 g/mol. The number of nitrogens with zero attached hydrogens (tertiary/aromatic N) is 1. The Bertz CT molecular complexity index is 665. The molecule has 150 valence electrons. The molecule has 0 aromatic heterocycles. The van der Waals surface area contributed by atoms with Crippen molar-refractivity contribution in [3.8, 4) is 0 Å². The first kappa shape index (κ1) is 20.2. The quantitative estimate of drug-likeness (QED) is 0.875. The van der Waals surface area contributed by atoms with E-state index in [0.29, 0.717) is 13.1 Å². The summed E-state index contributed by atoms with van der Waals surface area (Å²) in [6.45, 7) is 10.00. The summed E-state index contributed by atoms with van der Waals surface area (Å²) in [6, 6.07) is 9.29. The van der Waals surface area contributed by atoms with Gasteiger partial charge >= 0.3 is 0 Å². The number of fused-ring (bicyclic) bond motifs is 1. The highest BCUT2D eigenvalue weighted by Crippen LogP contribution is 2.42. The third-order valence-electron chi connectivity index (χ3n) is 6.09. The van der Waals surface area contributed by atoms with Gasteiger partial charge in [-0.15, -0.1) is 0 Å². The summed E-state index contributed by atoms with van der Waals surface area (Å²) < 4.78 is 27.0. The van der Waals surface area contributed by atoms with Gasteiger partial charge in [-0.3, -0.25) is 9.69 Å². The number of benzene rings is 1. The lowest BCUT2D eigenvalue weighted by molar-refractivity contribution is -0.321. The maximum atomic E-state index is 14.2. The molecule has 1 aromatic carbocycles. The Morgan fingerprint density at radius 1 is 1.15 bits per heavy atom. The zero-order chi connectivity index (χ0) is 19.8. The van der Waals surface area contributed by atoms with Crippen molar-refractivity contribution in [2.24, 2.45) is 0 Å². The molecule has 2 saturated heterocycles. The van der Waals surface area contributed by atoms with E-state index in [1.54, 1.807) is 0 Å². The molecule has 0 radical (unpaired) electrons. The molecule has 1 aromatic rings. The molecule has 0 aliphatic carbocycles. The maximum Gasteiger partial charge on any atom is 0.217 e. The van der Waals surface area contributed by atoms with Crippen LogP contribution in [-0.2, 0) is 20.8 Å². The molecule has 0 spiro atoms. The van der Waals surface area contributed by atoms with Crippen LogP contribution in [0, 0.1) is 0 Å². The van der Waals surface area contributed by atoms with Crippen LogP contribution >= 0.6 is 0 Å². The van der Waals surface area contributed by atoms with E-state index in [1.807, 2.05) is 58.0 Å². The summed E-state index contributed by atoms with van der Waals surface area (Å²) in [7, 11) is 0. The number of hydrogen-bond donors (Lipinski definition) is 1. The Morgan fingerprint density at radius 2 is 1.74 bits per heavy atom. The van der Waals surface area contributed by atoms with Gasteiger partial charge in [-0.1, -0.05) is 30.3 Å². The van der Waals surface area contributed by atoms with Gasteiger partial charge in [-0.2, -0.15) is 0 Å². The molecule has 0 saturated carbocycles. The molecule has 1 N–H and O–H groups in total. The van der Waals surface area contributed by atoms with Crippen molar-refractivity contribution >= 4 is 5.91 Å². The Labute approximate surface area is 161 Å². The minimum absolute atomic E-state index is 0.122. The normalized spacial score (nSPS) is 32.5. The van der Waals surface area contributed by atoms with Crippen LogP contribution in [0.15, 0.2) is 30.3 Å². The van der Waals surface area contributed by atoms with E-state index in [4.69, 9.17) is 9.47 Å². The molecule has 27 heavy (non-hydrogen) atoms. The number of ether oxygens (including phenoxy) is 2. The average Bonchev–Trinajstić information content (AvgIpc) is 2.57. The largest absolute Gasteiger partial charge is 0.365 e. The zero-order valence-electron chi connectivity index (χ0n) is 16.9. The number of halogens is 1. The lowest BCUT2D eigenvalue weighted by Crippen LogP contribution is -2.74. The van der Waals surface area contributed by atoms with Crippen LogP contribution in [0.3, 0.4) is 0 Å². The molecule has 6 heteroatoms. The van der Waals surface area contributed by atoms with Gasteiger partial charge in [0, 0.05) is 20.0 Å². The van der Waals surface area contributed by atoms with Crippen molar-refractivity contribution in [3.05, 3.63) is 35.9 Å². The summed E-state index contributed by atoms with van der Waals surface area (Å²) >= 11 is 0. The van der Waals surface area contributed by atoms with Gasteiger partial charge in [-0.05, 0) is 33.3 Å². The second kappa shape index (κ2) is 7.49. The van der Waals surface area contributed by atoms with E-state index < -0.39 is 30.0 Å². The minimum Gasteiger partial charge on any atom is -0.365 e. The molecule has 2 heterocycles. The number of likely N-dealkylation sites (tertiary alicyclic amines) is 1. The number of nitrogens with one attached hydrogen (secondary N) is 1. The van der Waals surface area contributed by atoms with E-state index in [2.05, 4.69) is 10.2 Å². The number of hydrogen-bond acceptors (Lipinski definition) is 4. The van der Waals surface area contributed by atoms with Crippen molar-refractivity contribution in [1.82, 2.24) is 10.2 Å². The number of carbonyl (C=O) groups excluding carboxylic acids is 1. The first-order valence-corrected chi connectivity index (χ1v) is 9.61. The van der Waals surface area contributed by atoms with Gasteiger partial charge in [-0.25, -0.2) is 4.39 Å². The van der Waals surface area contributed by atoms with E-state index in [9.17, 15) is 9.18 Å². The predicted octanol–water partition coefficient (Wildman–Crippen LogP) is 2.69. The van der Waals surface area contributed by atoms with Gasteiger partial charge in [0.1, 0.15) is 18.9 Å². The van der Waals surface area contributed by atoms with Crippen molar-refractivity contribution < 1.29 is 18.7 Å². The molecule has 5 nitrogen and oxygen atoms in total. The van der Waals surface area contributed by atoms with Crippen molar-refractivity contribution in [2.75, 3.05) is 13.2 Å². The van der Waals surface area contributed by atoms with E-state index in [-0.39, 0.29) is 18.1 Å². The van der Waals surface area contributed by atoms with E-state index >= 15 is 0 Å². The molecule has 1 amide bonds. The Balaban J connectivity index is 1.91. The fourth-order valence-corrected chi connectivity index (χ4v) is 3.98. The first-order chi connectivity index (χ1) is 12.6.